The Morgan fingerprint density at radius 3 is 2.00 bits per heavy atom. The molecule has 5 N–H and O–H groups in total. The van der Waals surface area contributed by atoms with E-state index in [9.17, 15) is 34.1 Å². The number of ether oxygens (including phenoxy) is 1. The topological polar surface area (TPSA) is 206 Å². The van der Waals surface area contributed by atoms with Crippen molar-refractivity contribution in [1.82, 2.24) is 21.3 Å². The molecule has 1 aliphatic rings. The van der Waals surface area contributed by atoms with Gasteiger partial charge in [-0.3, -0.25) is 29.3 Å². The van der Waals surface area contributed by atoms with Crippen LogP contribution in [-0.4, -0.2) is 77.1 Å². The van der Waals surface area contributed by atoms with Gasteiger partial charge < -0.3 is 31.1 Å². The van der Waals surface area contributed by atoms with Gasteiger partial charge in [0, 0.05) is 17.8 Å². The van der Waals surface area contributed by atoms with E-state index in [1.165, 1.54) is 0 Å². The van der Waals surface area contributed by atoms with Crippen LogP contribution in [0.1, 0.15) is 52.9 Å². The average molecular weight is 488 g/mol. The number of nitro groups is 1. The van der Waals surface area contributed by atoms with Crippen LogP contribution >= 0.6 is 0 Å². The summed E-state index contributed by atoms with van der Waals surface area (Å²) in [6.45, 7) is 3.45. The highest BCUT2D eigenvalue weighted by molar-refractivity contribution is 5.91. The number of carboxylic acid groups (broad SMARTS) is 1. The molecule has 0 spiro atoms. The molecule has 0 heterocycles. The Hall–Kier alpha value is -3.45. The lowest BCUT2D eigenvalue weighted by Gasteiger charge is -2.28. The third-order valence-corrected chi connectivity index (χ3v) is 5.00. The van der Waals surface area contributed by atoms with Gasteiger partial charge in [0.25, 0.3) is 0 Å². The third-order valence-electron chi connectivity index (χ3n) is 5.00. The number of nitrogens with one attached hydrogen (secondary N) is 4. The molecule has 4 amide bonds. The van der Waals surface area contributed by atoms with Crippen LogP contribution in [0.4, 0.5) is 4.79 Å². The maximum atomic E-state index is 12.7. The summed E-state index contributed by atoms with van der Waals surface area (Å²) in [6, 6.07) is -1.64. The fourth-order valence-electron chi connectivity index (χ4n) is 3.37. The Morgan fingerprint density at radius 2 is 1.50 bits per heavy atom. The summed E-state index contributed by atoms with van der Waals surface area (Å²) in [5, 5.41) is 28.6. The Kier molecular flexibility index (Phi) is 11.2. The van der Waals surface area contributed by atoms with Crippen LogP contribution in [0.3, 0.4) is 0 Å². The summed E-state index contributed by atoms with van der Waals surface area (Å²) in [6.07, 6.45) is 1.21. The average Bonchev–Trinajstić information content (AvgIpc) is 2.73. The molecule has 192 valence electrons. The second-order valence-corrected chi connectivity index (χ2v) is 9.06. The molecule has 1 aliphatic carbocycles. The number of carbonyl (C=O) groups excluding carboxylic acids is 4. The normalized spacial score (nSPS) is 18.7. The first-order valence-electron chi connectivity index (χ1n) is 10.9. The van der Waals surface area contributed by atoms with Gasteiger partial charge in [-0.2, -0.15) is 0 Å². The molecular formula is C20H33N5O9. The van der Waals surface area contributed by atoms with Crippen molar-refractivity contribution in [3.05, 3.63) is 10.1 Å². The van der Waals surface area contributed by atoms with E-state index in [1.54, 1.807) is 20.8 Å². The van der Waals surface area contributed by atoms with Crippen LogP contribution in [0.2, 0.25) is 0 Å². The molecule has 0 aliphatic heterocycles. The molecule has 14 heteroatoms. The first kappa shape index (κ1) is 28.6. The molecule has 0 radical (unpaired) electrons. The molecule has 0 aromatic carbocycles. The Balaban J connectivity index is 2.62. The zero-order valence-corrected chi connectivity index (χ0v) is 19.5. The van der Waals surface area contributed by atoms with Crippen molar-refractivity contribution in [1.29, 1.82) is 0 Å². The fourth-order valence-corrected chi connectivity index (χ4v) is 3.37. The predicted octanol–water partition coefficient (Wildman–Crippen LogP) is -0.461. The van der Waals surface area contributed by atoms with Crippen LogP contribution in [-0.2, 0) is 23.9 Å². The lowest BCUT2D eigenvalue weighted by Crippen LogP contribution is -2.51. The number of aliphatic carboxylic acids is 1. The number of carboxylic acids is 1. The Morgan fingerprint density at radius 1 is 0.971 bits per heavy atom. The van der Waals surface area contributed by atoms with E-state index in [0.29, 0.717) is 25.7 Å². The molecular weight excluding hydrogens is 454 g/mol. The van der Waals surface area contributed by atoms with Crippen LogP contribution in [0.5, 0.6) is 0 Å². The van der Waals surface area contributed by atoms with Crippen LogP contribution < -0.4 is 21.3 Å². The minimum absolute atomic E-state index is 0.0337. The predicted molar refractivity (Wildman–Crippen MR) is 117 cm³/mol. The monoisotopic (exact) mass is 487 g/mol. The van der Waals surface area contributed by atoms with Crippen LogP contribution in [0.25, 0.3) is 0 Å². The highest BCUT2D eigenvalue weighted by atomic mass is 16.6. The molecule has 0 aromatic rings. The van der Waals surface area contributed by atoms with Gasteiger partial charge in [-0.25, -0.2) is 4.79 Å². The van der Waals surface area contributed by atoms with Crippen molar-refractivity contribution >= 4 is 29.8 Å². The highest BCUT2D eigenvalue weighted by Gasteiger charge is 2.33. The molecule has 1 unspecified atom stereocenters. The number of rotatable bonds is 11. The third kappa shape index (κ3) is 12.0. The number of hydrogen-bond acceptors (Lipinski definition) is 8. The maximum Gasteiger partial charge on any atom is 0.408 e. The number of nitrogens with zero attached hydrogens (tertiary/aromatic N) is 1. The molecule has 1 saturated carbocycles. The lowest BCUT2D eigenvalue weighted by molar-refractivity contribution is -0.527. The first-order valence-corrected chi connectivity index (χ1v) is 10.9. The first-order chi connectivity index (χ1) is 15.8. The largest absolute Gasteiger partial charge is 0.480 e. The number of amides is 4. The number of hydrogen-bond donors (Lipinski definition) is 5. The van der Waals surface area contributed by atoms with E-state index in [-0.39, 0.29) is 17.3 Å². The van der Waals surface area contributed by atoms with Gasteiger partial charge in [0.05, 0.1) is 13.1 Å². The second kappa shape index (κ2) is 13.3. The van der Waals surface area contributed by atoms with Gasteiger partial charge >= 0.3 is 12.1 Å². The van der Waals surface area contributed by atoms with Gasteiger partial charge in [-0.1, -0.05) is 0 Å². The van der Waals surface area contributed by atoms with Crippen molar-refractivity contribution in [2.75, 3.05) is 19.6 Å². The standard InChI is InChI=1S/C20H33N5O9/c1-20(2,3)34-19(31)24-14(8-12-4-6-13(7-5-12)25(32)33)18(30)23-10-16(27)21-9-15(26)22-11-17(28)29/h12-14H,4-11H2,1-3H3,(H,21,27)(H,22,26)(H,23,30)(H,24,31)(H,28,29). The number of carbonyl (C=O) groups is 5. The lowest BCUT2D eigenvalue weighted by atomic mass is 9.82. The van der Waals surface area contributed by atoms with Crippen molar-refractivity contribution in [2.45, 2.75) is 70.6 Å². The van der Waals surface area contributed by atoms with Crippen LogP contribution in [0.15, 0.2) is 0 Å². The molecule has 1 rings (SSSR count). The summed E-state index contributed by atoms with van der Waals surface area (Å²) < 4.78 is 5.20. The van der Waals surface area contributed by atoms with Crippen molar-refractivity contribution in [3.63, 3.8) is 0 Å². The highest BCUT2D eigenvalue weighted by Crippen LogP contribution is 2.29. The van der Waals surface area contributed by atoms with Gasteiger partial charge in [0.15, 0.2) is 0 Å². The van der Waals surface area contributed by atoms with E-state index in [1.807, 2.05) is 0 Å². The maximum absolute atomic E-state index is 12.7. The zero-order valence-electron chi connectivity index (χ0n) is 19.5. The minimum atomic E-state index is -1.23. The Labute approximate surface area is 196 Å². The van der Waals surface area contributed by atoms with E-state index in [2.05, 4.69) is 21.3 Å². The van der Waals surface area contributed by atoms with Crippen molar-refractivity contribution in [2.24, 2.45) is 5.92 Å². The van der Waals surface area contributed by atoms with Crippen LogP contribution in [0, 0.1) is 16.0 Å². The van der Waals surface area contributed by atoms with Gasteiger partial charge in [0.1, 0.15) is 18.2 Å². The number of alkyl carbamates (subject to hydrolysis) is 1. The van der Waals surface area contributed by atoms with E-state index in [4.69, 9.17) is 9.84 Å². The second-order valence-electron chi connectivity index (χ2n) is 9.06. The van der Waals surface area contributed by atoms with E-state index in [0.717, 1.165) is 0 Å². The molecule has 34 heavy (non-hydrogen) atoms. The molecule has 0 saturated heterocycles. The molecule has 1 atom stereocenters. The molecule has 0 bridgehead atoms. The van der Waals surface area contributed by atoms with Gasteiger partial charge in [-0.05, 0) is 46.0 Å². The van der Waals surface area contributed by atoms with Crippen molar-refractivity contribution in [3.8, 4) is 0 Å². The van der Waals surface area contributed by atoms with Gasteiger partial charge in [-0.15, -0.1) is 0 Å². The van der Waals surface area contributed by atoms with E-state index < -0.39 is 67.1 Å². The SMILES string of the molecule is CC(C)(C)OC(=O)NC(CC1CCC([N+](=O)[O-])CC1)C(=O)NCC(=O)NCC(=O)NCC(=O)O. The summed E-state index contributed by atoms with van der Waals surface area (Å²) >= 11 is 0. The Bertz CT molecular complexity index is 773. The molecule has 1 fully saturated rings. The summed E-state index contributed by atoms with van der Waals surface area (Å²) in [7, 11) is 0. The minimum Gasteiger partial charge on any atom is -0.480 e. The summed E-state index contributed by atoms with van der Waals surface area (Å²) in [5.74, 6) is -3.32. The summed E-state index contributed by atoms with van der Waals surface area (Å²) in [5.41, 5.74) is -0.796. The zero-order chi connectivity index (χ0) is 25.9. The smallest absolute Gasteiger partial charge is 0.408 e. The fraction of sp³-hybridized carbons (Fsp3) is 0.750. The quantitative estimate of drug-likeness (QED) is 0.188. The van der Waals surface area contributed by atoms with Crippen molar-refractivity contribution < 1.29 is 38.7 Å². The van der Waals surface area contributed by atoms with Gasteiger partial charge in [0.2, 0.25) is 23.8 Å². The molecule has 14 nitrogen and oxygen atoms in total. The molecule has 0 aromatic heterocycles. The van der Waals surface area contributed by atoms with E-state index >= 15 is 0 Å². The summed E-state index contributed by atoms with van der Waals surface area (Å²) in [4.78, 5) is 69.3.